The number of likely N-dealkylation sites (tertiary alicyclic amines) is 2. The van der Waals surface area contributed by atoms with Crippen LogP contribution in [0.1, 0.15) is 47.2 Å². The first-order valence-electron chi connectivity index (χ1n) is 11.8. The largest absolute Gasteiger partial charge is 0.573 e. The van der Waals surface area contributed by atoms with Gasteiger partial charge in [-0.1, -0.05) is 24.3 Å². The Bertz CT molecular complexity index is 1010. The number of carbonyl (C=O) groups excluding carboxylic acids is 1. The molecule has 34 heavy (non-hydrogen) atoms. The number of aliphatic hydroxyl groups excluding tert-OH is 1. The van der Waals surface area contributed by atoms with Crippen LogP contribution in [0.5, 0.6) is 5.75 Å². The summed E-state index contributed by atoms with van der Waals surface area (Å²) in [4.78, 5) is 17.7. The number of aliphatic hydroxyl groups is 1. The quantitative estimate of drug-likeness (QED) is 0.665. The summed E-state index contributed by atoms with van der Waals surface area (Å²) in [6.45, 7) is 6.28. The van der Waals surface area contributed by atoms with E-state index in [0.717, 1.165) is 48.9 Å². The molecule has 5 nitrogen and oxygen atoms in total. The summed E-state index contributed by atoms with van der Waals surface area (Å²) in [5, 5.41) is 9.62. The molecule has 1 amide bonds. The molecule has 0 radical (unpaired) electrons. The molecule has 2 saturated heterocycles. The number of ether oxygens (including phenoxy) is 1. The molecule has 0 bridgehead atoms. The van der Waals surface area contributed by atoms with Gasteiger partial charge in [0.25, 0.3) is 5.91 Å². The Morgan fingerprint density at radius 1 is 1.03 bits per heavy atom. The van der Waals surface area contributed by atoms with Gasteiger partial charge in [0.15, 0.2) is 0 Å². The van der Waals surface area contributed by atoms with Crippen LogP contribution in [0.15, 0.2) is 36.4 Å². The molecule has 8 heteroatoms. The highest BCUT2D eigenvalue weighted by molar-refractivity contribution is 5.98. The van der Waals surface area contributed by atoms with E-state index in [4.69, 9.17) is 0 Å². The summed E-state index contributed by atoms with van der Waals surface area (Å²) in [7, 11) is 0. The van der Waals surface area contributed by atoms with Crippen LogP contribution < -0.4 is 4.74 Å². The molecular weight excluding hydrogens is 445 g/mol. The van der Waals surface area contributed by atoms with Gasteiger partial charge in [-0.3, -0.25) is 9.69 Å². The van der Waals surface area contributed by atoms with Crippen molar-refractivity contribution >= 4 is 5.91 Å². The average Bonchev–Trinajstić information content (AvgIpc) is 3.26. The minimum atomic E-state index is -4.75. The first-order valence-corrected chi connectivity index (χ1v) is 11.8. The number of hydrogen-bond donors (Lipinski definition) is 1. The second kappa shape index (κ2) is 9.96. The zero-order valence-electron chi connectivity index (χ0n) is 19.6. The van der Waals surface area contributed by atoms with Gasteiger partial charge in [-0.25, -0.2) is 0 Å². The number of rotatable bonds is 5. The maximum atomic E-state index is 13.4. The average molecular weight is 477 g/mol. The van der Waals surface area contributed by atoms with Crippen LogP contribution in [0.2, 0.25) is 0 Å². The molecule has 2 aromatic carbocycles. The standard InChI is InChI=1S/C26H31F3N2O3/c1-17-13-20(19-5-3-7-23(15-19)34-26(27,28)29)14-18(2)24(17)25(33)30-11-8-21(9-12-30)31-10-4-6-22(31)16-32/h3,5,7,13-15,21-22,32H,4,6,8-12,16H2,1-2H3. The normalized spacial score (nSPS) is 20.1. The fourth-order valence-corrected chi connectivity index (χ4v) is 5.43. The molecule has 1 unspecified atom stereocenters. The molecule has 184 valence electrons. The van der Waals surface area contributed by atoms with Gasteiger partial charge >= 0.3 is 6.36 Å². The van der Waals surface area contributed by atoms with Crippen molar-refractivity contribution in [1.29, 1.82) is 0 Å². The maximum Gasteiger partial charge on any atom is 0.573 e. The van der Waals surface area contributed by atoms with E-state index in [2.05, 4.69) is 9.64 Å². The predicted octanol–water partition coefficient (Wildman–Crippen LogP) is 4.93. The van der Waals surface area contributed by atoms with Crippen molar-refractivity contribution < 1.29 is 27.8 Å². The fraction of sp³-hybridized carbons (Fsp3) is 0.500. The first kappa shape index (κ1) is 24.5. The zero-order chi connectivity index (χ0) is 24.5. The Hall–Kier alpha value is -2.58. The Morgan fingerprint density at radius 2 is 1.71 bits per heavy atom. The molecular formula is C26H31F3N2O3. The van der Waals surface area contributed by atoms with E-state index >= 15 is 0 Å². The van der Waals surface area contributed by atoms with Gasteiger partial charge in [0.05, 0.1) is 6.61 Å². The minimum Gasteiger partial charge on any atom is -0.406 e. The number of hydrogen-bond acceptors (Lipinski definition) is 4. The van der Waals surface area contributed by atoms with Crippen molar-refractivity contribution in [1.82, 2.24) is 9.80 Å². The summed E-state index contributed by atoms with van der Waals surface area (Å²) in [5.74, 6) is -0.279. The van der Waals surface area contributed by atoms with Crippen molar-refractivity contribution in [2.24, 2.45) is 0 Å². The third-order valence-electron chi connectivity index (χ3n) is 7.00. The molecule has 2 aliphatic heterocycles. The van der Waals surface area contributed by atoms with Crippen molar-refractivity contribution in [2.45, 2.75) is 58.0 Å². The smallest absolute Gasteiger partial charge is 0.406 e. The molecule has 2 aromatic rings. The lowest BCUT2D eigenvalue weighted by molar-refractivity contribution is -0.274. The van der Waals surface area contributed by atoms with Gasteiger partial charge in [-0.05, 0) is 80.5 Å². The molecule has 2 heterocycles. The van der Waals surface area contributed by atoms with E-state index in [-0.39, 0.29) is 24.3 Å². The van der Waals surface area contributed by atoms with Crippen LogP contribution in [-0.4, -0.2) is 65.5 Å². The fourth-order valence-electron chi connectivity index (χ4n) is 5.43. The highest BCUT2D eigenvalue weighted by Gasteiger charge is 2.34. The molecule has 0 aliphatic carbocycles. The number of aryl methyl sites for hydroxylation is 2. The van der Waals surface area contributed by atoms with E-state index in [9.17, 15) is 23.1 Å². The Kier molecular flexibility index (Phi) is 7.19. The van der Waals surface area contributed by atoms with Crippen molar-refractivity contribution in [2.75, 3.05) is 26.2 Å². The molecule has 0 aromatic heterocycles. The lowest BCUT2D eigenvalue weighted by atomic mass is 9.93. The molecule has 4 rings (SSSR count). The highest BCUT2D eigenvalue weighted by Crippen LogP contribution is 2.32. The van der Waals surface area contributed by atoms with E-state index in [1.807, 2.05) is 30.9 Å². The lowest BCUT2D eigenvalue weighted by Crippen LogP contribution is -2.49. The van der Waals surface area contributed by atoms with Crippen LogP contribution in [-0.2, 0) is 0 Å². The Balaban J connectivity index is 1.47. The van der Waals surface area contributed by atoms with Gasteiger partial charge in [0.2, 0.25) is 0 Å². The number of halogens is 3. The molecule has 1 atom stereocenters. The van der Waals surface area contributed by atoms with Gasteiger partial charge in [0, 0.05) is 30.7 Å². The van der Waals surface area contributed by atoms with E-state index in [0.29, 0.717) is 30.3 Å². The van der Waals surface area contributed by atoms with Crippen LogP contribution in [0.25, 0.3) is 11.1 Å². The monoisotopic (exact) mass is 476 g/mol. The summed E-state index contributed by atoms with van der Waals surface area (Å²) in [5.41, 5.74) is 3.58. The summed E-state index contributed by atoms with van der Waals surface area (Å²) in [6.07, 6.45) is -0.817. The minimum absolute atomic E-state index is 0.00529. The van der Waals surface area contributed by atoms with E-state index < -0.39 is 6.36 Å². The van der Waals surface area contributed by atoms with Crippen LogP contribution >= 0.6 is 0 Å². The molecule has 2 fully saturated rings. The summed E-state index contributed by atoms with van der Waals surface area (Å²) in [6, 6.07) is 10.2. The maximum absolute atomic E-state index is 13.4. The summed E-state index contributed by atoms with van der Waals surface area (Å²) < 4.78 is 41.8. The van der Waals surface area contributed by atoms with Gasteiger partial charge in [-0.2, -0.15) is 0 Å². The molecule has 1 N–H and O–H groups in total. The topological polar surface area (TPSA) is 53.0 Å². The second-order valence-corrected chi connectivity index (χ2v) is 9.30. The van der Waals surface area contributed by atoms with E-state index in [1.54, 1.807) is 6.07 Å². The zero-order valence-corrected chi connectivity index (χ0v) is 19.6. The van der Waals surface area contributed by atoms with Crippen molar-refractivity contribution in [3.63, 3.8) is 0 Å². The Morgan fingerprint density at radius 3 is 2.32 bits per heavy atom. The van der Waals surface area contributed by atoms with E-state index in [1.165, 1.54) is 18.2 Å². The number of piperidine rings is 1. The van der Waals surface area contributed by atoms with Gasteiger partial charge < -0.3 is 14.7 Å². The van der Waals surface area contributed by atoms with Crippen molar-refractivity contribution in [3.05, 3.63) is 53.1 Å². The molecule has 0 saturated carbocycles. The van der Waals surface area contributed by atoms with Crippen molar-refractivity contribution in [3.8, 4) is 16.9 Å². The highest BCUT2D eigenvalue weighted by atomic mass is 19.4. The SMILES string of the molecule is Cc1cc(-c2cccc(OC(F)(F)F)c2)cc(C)c1C(=O)N1CCC(N2CCCC2CO)CC1. The van der Waals surface area contributed by atoms with Crippen LogP contribution in [0.3, 0.4) is 0 Å². The summed E-state index contributed by atoms with van der Waals surface area (Å²) >= 11 is 0. The second-order valence-electron chi connectivity index (χ2n) is 9.30. The van der Waals surface area contributed by atoms with Crippen LogP contribution in [0.4, 0.5) is 13.2 Å². The van der Waals surface area contributed by atoms with Gasteiger partial charge in [0.1, 0.15) is 5.75 Å². The lowest BCUT2D eigenvalue weighted by Gasteiger charge is -2.39. The number of benzene rings is 2. The van der Waals surface area contributed by atoms with Gasteiger partial charge in [-0.15, -0.1) is 13.2 Å². The number of carbonyl (C=O) groups is 1. The number of amides is 1. The third-order valence-corrected chi connectivity index (χ3v) is 7.00. The van der Waals surface area contributed by atoms with Crippen LogP contribution in [0, 0.1) is 13.8 Å². The third kappa shape index (κ3) is 5.39. The number of alkyl halides is 3. The number of nitrogens with zero attached hydrogens (tertiary/aromatic N) is 2. The molecule has 2 aliphatic rings. The predicted molar refractivity (Wildman–Crippen MR) is 124 cm³/mol. The Labute approximate surface area is 198 Å². The molecule has 0 spiro atoms. The first-order chi connectivity index (χ1) is 16.2.